The third-order valence-electron chi connectivity index (χ3n) is 2.10. The highest BCUT2D eigenvalue weighted by molar-refractivity contribution is 5.92. The van der Waals surface area contributed by atoms with Gasteiger partial charge in [-0.25, -0.2) is 4.79 Å². The average Bonchev–Trinajstić information content (AvgIpc) is 2.28. The van der Waals surface area contributed by atoms with E-state index in [1.165, 1.54) is 6.07 Å². The predicted octanol–water partition coefficient (Wildman–Crippen LogP) is 2.05. The molecule has 7 nitrogen and oxygen atoms in total. The Hall–Kier alpha value is -2.15. The van der Waals surface area contributed by atoms with Crippen molar-refractivity contribution in [3.05, 3.63) is 33.9 Å². The first-order valence-corrected chi connectivity index (χ1v) is 5.25. The molecular weight excluding hydrogens is 242 g/mol. The number of hydrogen-bond donors (Lipinski definition) is 1. The number of nitro benzene ring substituents is 1. The average molecular weight is 255 g/mol. The van der Waals surface area contributed by atoms with Gasteiger partial charge >= 0.3 is 5.97 Å². The molecule has 0 aliphatic rings. The summed E-state index contributed by atoms with van der Waals surface area (Å²) >= 11 is 0. The van der Waals surface area contributed by atoms with Crippen molar-refractivity contribution in [1.29, 1.82) is 0 Å². The van der Waals surface area contributed by atoms with Gasteiger partial charge in [0.25, 0.3) is 5.69 Å². The SMILES string of the molecule is CCOC(C)Oc1ccc([N+](=O)[O-])c(C(=O)O)c1. The highest BCUT2D eigenvalue weighted by Gasteiger charge is 2.20. The third-order valence-corrected chi connectivity index (χ3v) is 2.10. The molecule has 1 unspecified atom stereocenters. The summed E-state index contributed by atoms with van der Waals surface area (Å²) in [6.07, 6.45) is -0.557. The van der Waals surface area contributed by atoms with Gasteiger partial charge in [-0.3, -0.25) is 10.1 Å². The molecule has 0 aliphatic carbocycles. The minimum absolute atomic E-state index is 0.207. The summed E-state index contributed by atoms with van der Waals surface area (Å²) in [5, 5.41) is 19.5. The molecule has 1 aromatic rings. The lowest BCUT2D eigenvalue weighted by molar-refractivity contribution is -0.385. The van der Waals surface area contributed by atoms with Gasteiger partial charge in [0.2, 0.25) is 0 Å². The standard InChI is InChI=1S/C11H13NO6/c1-3-17-7(2)18-8-4-5-10(12(15)16)9(6-8)11(13)14/h4-7H,3H2,1-2H3,(H,13,14). The van der Waals surface area contributed by atoms with Gasteiger partial charge in [0.05, 0.1) is 4.92 Å². The van der Waals surface area contributed by atoms with Crippen LogP contribution in [0.4, 0.5) is 5.69 Å². The number of hydrogen-bond acceptors (Lipinski definition) is 5. The topological polar surface area (TPSA) is 98.9 Å². The zero-order chi connectivity index (χ0) is 13.7. The molecule has 0 aliphatic heterocycles. The Labute approximate surface area is 103 Å². The maximum Gasteiger partial charge on any atom is 0.342 e. The number of nitro groups is 1. The third kappa shape index (κ3) is 3.42. The molecule has 7 heteroatoms. The van der Waals surface area contributed by atoms with Gasteiger partial charge in [-0.05, 0) is 19.9 Å². The summed E-state index contributed by atoms with van der Waals surface area (Å²) in [6.45, 7) is 3.88. The Bertz CT molecular complexity index is 459. The van der Waals surface area contributed by atoms with Gasteiger partial charge in [0.1, 0.15) is 11.3 Å². The Morgan fingerprint density at radius 1 is 1.56 bits per heavy atom. The summed E-state index contributed by atoms with van der Waals surface area (Å²) < 4.78 is 10.4. The molecule has 1 aromatic carbocycles. The molecule has 18 heavy (non-hydrogen) atoms. The number of carboxylic acid groups (broad SMARTS) is 1. The smallest absolute Gasteiger partial charge is 0.342 e. The van der Waals surface area contributed by atoms with Crippen LogP contribution in [0, 0.1) is 10.1 Å². The summed E-state index contributed by atoms with van der Waals surface area (Å²) in [6, 6.07) is 3.54. The quantitative estimate of drug-likeness (QED) is 0.474. The number of rotatable bonds is 6. The second-order valence-corrected chi connectivity index (χ2v) is 3.38. The van der Waals surface area contributed by atoms with E-state index in [4.69, 9.17) is 14.6 Å². The molecule has 0 fully saturated rings. The van der Waals surface area contributed by atoms with E-state index in [-0.39, 0.29) is 5.75 Å². The van der Waals surface area contributed by atoms with Gasteiger partial charge in [0.15, 0.2) is 6.29 Å². The van der Waals surface area contributed by atoms with Crippen LogP contribution >= 0.6 is 0 Å². The second kappa shape index (κ2) is 5.97. The normalized spacial score (nSPS) is 11.9. The molecule has 0 amide bonds. The summed E-state index contributed by atoms with van der Waals surface area (Å²) in [5.41, 5.74) is -0.889. The van der Waals surface area contributed by atoms with Crippen LogP contribution in [0.25, 0.3) is 0 Å². The molecule has 0 spiro atoms. The number of aromatic carboxylic acids is 1. The first-order chi connectivity index (χ1) is 8.45. The minimum Gasteiger partial charge on any atom is -0.477 e. The zero-order valence-corrected chi connectivity index (χ0v) is 9.95. The fourth-order valence-electron chi connectivity index (χ4n) is 1.38. The highest BCUT2D eigenvalue weighted by Crippen LogP contribution is 2.24. The number of benzene rings is 1. The van der Waals surface area contributed by atoms with Gasteiger partial charge < -0.3 is 14.6 Å². The first-order valence-electron chi connectivity index (χ1n) is 5.25. The van der Waals surface area contributed by atoms with Crippen LogP contribution in [-0.4, -0.2) is 28.9 Å². The van der Waals surface area contributed by atoms with E-state index in [0.717, 1.165) is 12.1 Å². The van der Waals surface area contributed by atoms with E-state index in [2.05, 4.69) is 0 Å². The van der Waals surface area contributed by atoms with E-state index in [9.17, 15) is 14.9 Å². The second-order valence-electron chi connectivity index (χ2n) is 3.38. The molecule has 0 saturated heterocycles. The van der Waals surface area contributed by atoms with Crippen molar-refractivity contribution in [3.8, 4) is 5.75 Å². The van der Waals surface area contributed by atoms with Gasteiger partial charge in [-0.1, -0.05) is 0 Å². The predicted molar refractivity (Wildman–Crippen MR) is 61.8 cm³/mol. The lowest BCUT2D eigenvalue weighted by Gasteiger charge is -2.14. The van der Waals surface area contributed by atoms with E-state index in [1.807, 2.05) is 0 Å². The van der Waals surface area contributed by atoms with Crippen LogP contribution < -0.4 is 4.74 Å². The van der Waals surface area contributed by atoms with Crippen LogP contribution in [-0.2, 0) is 4.74 Å². The molecule has 0 aromatic heterocycles. The van der Waals surface area contributed by atoms with E-state index >= 15 is 0 Å². The highest BCUT2D eigenvalue weighted by atomic mass is 16.7. The van der Waals surface area contributed by atoms with Gasteiger partial charge in [-0.2, -0.15) is 0 Å². The minimum atomic E-state index is -1.38. The lowest BCUT2D eigenvalue weighted by atomic mass is 10.1. The van der Waals surface area contributed by atoms with Crippen LogP contribution in [0.15, 0.2) is 18.2 Å². The van der Waals surface area contributed by atoms with Crippen molar-refractivity contribution >= 4 is 11.7 Å². The molecular formula is C11H13NO6. The molecule has 1 N–H and O–H groups in total. The maximum atomic E-state index is 10.9. The van der Waals surface area contributed by atoms with Crippen molar-refractivity contribution in [2.45, 2.75) is 20.1 Å². The number of carboxylic acids is 1. The van der Waals surface area contributed by atoms with Crippen LogP contribution in [0.5, 0.6) is 5.75 Å². The zero-order valence-electron chi connectivity index (χ0n) is 9.95. The number of carbonyl (C=O) groups is 1. The van der Waals surface area contributed by atoms with E-state index in [0.29, 0.717) is 6.61 Å². The van der Waals surface area contributed by atoms with Crippen LogP contribution in [0.2, 0.25) is 0 Å². The molecule has 98 valence electrons. The Morgan fingerprint density at radius 3 is 2.72 bits per heavy atom. The fourth-order valence-corrected chi connectivity index (χ4v) is 1.38. The van der Waals surface area contributed by atoms with Crippen molar-refractivity contribution < 1.29 is 24.3 Å². The van der Waals surface area contributed by atoms with Gasteiger partial charge in [0, 0.05) is 18.7 Å². The maximum absolute atomic E-state index is 10.9. The van der Waals surface area contributed by atoms with E-state index in [1.54, 1.807) is 13.8 Å². The molecule has 0 heterocycles. The fraction of sp³-hybridized carbons (Fsp3) is 0.364. The summed E-state index contributed by atoms with van der Waals surface area (Å²) in [7, 11) is 0. The lowest BCUT2D eigenvalue weighted by Crippen LogP contribution is -2.16. The molecule has 1 rings (SSSR count). The Morgan fingerprint density at radius 2 is 2.22 bits per heavy atom. The molecule has 0 saturated carbocycles. The van der Waals surface area contributed by atoms with Crippen molar-refractivity contribution in [3.63, 3.8) is 0 Å². The van der Waals surface area contributed by atoms with Crippen LogP contribution in [0.3, 0.4) is 0 Å². The van der Waals surface area contributed by atoms with Crippen molar-refractivity contribution in [1.82, 2.24) is 0 Å². The molecule has 0 bridgehead atoms. The summed E-state index contributed by atoms with van der Waals surface area (Å²) in [4.78, 5) is 20.8. The first kappa shape index (κ1) is 13.9. The van der Waals surface area contributed by atoms with Crippen molar-refractivity contribution in [2.24, 2.45) is 0 Å². The molecule has 1 atom stereocenters. The van der Waals surface area contributed by atoms with Crippen molar-refractivity contribution in [2.75, 3.05) is 6.61 Å². The monoisotopic (exact) mass is 255 g/mol. The largest absolute Gasteiger partial charge is 0.477 e. The molecule has 0 radical (unpaired) electrons. The Kier molecular flexibility index (Phi) is 4.61. The van der Waals surface area contributed by atoms with Gasteiger partial charge in [-0.15, -0.1) is 0 Å². The Balaban J connectivity index is 3.00. The number of ether oxygens (including phenoxy) is 2. The van der Waals surface area contributed by atoms with Crippen LogP contribution in [0.1, 0.15) is 24.2 Å². The summed E-state index contributed by atoms with van der Waals surface area (Å²) in [5.74, 6) is -1.17. The number of nitrogens with zero attached hydrogens (tertiary/aromatic N) is 1. The van der Waals surface area contributed by atoms with E-state index < -0.39 is 28.4 Å².